The Bertz CT molecular complexity index is 3330. The van der Waals surface area contributed by atoms with Gasteiger partial charge in [0, 0.05) is 43.7 Å². The molecular weight excluding hydrogens is 701 g/mol. The number of hydrogen-bond acceptors (Lipinski definition) is 0. The van der Waals surface area contributed by atoms with Crippen molar-refractivity contribution in [2.24, 2.45) is 0 Å². The molecule has 0 bridgehead atoms. The number of fused-ring (bicyclic) bond motifs is 8. The summed E-state index contributed by atoms with van der Waals surface area (Å²) in [4.78, 5) is 7.82. The topological polar surface area (TPSA) is 31.6 Å². The Morgan fingerprint density at radius 1 is 0.207 bits per heavy atom. The number of rotatable bonds is 5. The Balaban J connectivity index is 1.19. The van der Waals surface area contributed by atoms with Crippen molar-refractivity contribution in [2.75, 3.05) is 0 Å². The van der Waals surface area contributed by atoms with E-state index < -0.39 is 0 Å². The third-order valence-electron chi connectivity index (χ3n) is 12.2. The molecule has 0 spiro atoms. The van der Waals surface area contributed by atoms with Gasteiger partial charge in [0.2, 0.25) is 0 Å². The average molecular weight is 737 g/mol. The van der Waals surface area contributed by atoms with E-state index in [9.17, 15) is 0 Å². The number of nitrogens with one attached hydrogen (secondary N) is 2. The largest absolute Gasteiger partial charge is 0.354 e. The standard InChI is InChI=1S/C56H36N2/c1-3-19-37-35(15-1)17-13-27-39(37)47-31-33-49-43-23-9-11-29-51(43)57-55(49)53(47)45-25-7-5-21-41(45)42-22-6-8-26-46(42)54-48(40-28-14-18-36-16-2-4-20-38(36)40)32-34-50-44-24-10-12-30-52(44)58-56(50)54/h1-34,57-58H. The van der Waals surface area contributed by atoms with Crippen molar-refractivity contribution in [3.63, 3.8) is 0 Å². The van der Waals surface area contributed by atoms with Crippen molar-refractivity contribution in [1.29, 1.82) is 0 Å². The van der Waals surface area contributed by atoms with Crippen LogP contribution in [0.5, 0.6) is 0 Å². The maximum absolute atomic E-state index is 3.91. The van der Waals surface area contributed by atoms with Crippen LogP contribution in [0.3, 0.4) is 0 Å². The highest BCUT2D eigenvalue weighted by atomic mass is 14.7. The number of hydrogen-bond donors (Lipinski definition) is 2. The molecule has 58 heavy (non-hydrogen) atoms. The summed E-state index contributed by atoms with van der Waals surface area (Å²) in [5.74, 6) is 0. The van der Waals surface area contributed by atoms with Gasteiger partial charge in [0.15, 0.2) is 0 Å². The zero-order valence-electron chi connectivity index (χ0n) is 31.6. The molecule has 10 aromatic carbocycles. The minimum absolute atomic E-state index is 1.14. The Hall–Kier alpha value is -7.68. The van der Waals surface area contributed by atoms with Crippen molar-refractivity contribution >= 4 is 65.2 Å². The lowest BCUT2D eigenvalue weighted by molar-refractivity contribution is 1.51. The summed E-state index contributed by atoms with van der Waals surface area (Å²) in [6, 6.07) is 75.5. The molecular formula is C56H36N2. The van der Waals surface area contributed by atoms with Gasteiger partial charge in [0.1, 0.15) is 0 Å². The van der Waals surface area contributed by atoms with Crippen molar-refractivity contribution in [1.82, 2.24) is 9.97 Å². The molecule has 0 aliphatic heterocycles. The highest BCUT2D eigenvalue weighted by Gasteiger charge is 2.24. The Labute approximate surface area is 335 Å². The first kappa shape index (κ1) is 32.6. The Morgan fingerprint density at radius 3 is 1.02 bits per heavy atom. The minimum Gasteiger partial charge on any atom is -0.354 e. The number of aromatic amines is 2. The normalized spacial score (nSPS) is 11.8. The number of H-pyrrole nitrogens is 2. The van der Waals surface area contributed by atoms with Crippen molar-refractivity contribution in [3.8, 4) is 55.6 Å². The molecule has 0 aliphatic rings. The van der Waals surface area contributed by atoms with Crippen LogP contribution in [-0.2, 0) is 0 Å². The van der Waals surface area contributed by atoms with Crippen LogP contribution in [0.25, 0.3) is 121 Å². The van der Waals surface area contributed by atoms with Crippen LogP contribution in [-0.4, -0.2) is 9.97 Å². The maximum Gasteiger partial charge on any atom is 0.0551 e. The van der Waals surface area contributed by atoms with E-state index in [1.54, 1.807) is 0 Å². The van der Waals surface area contributed by atoms with Gasteiger partial charge in [0.05, 0.1) is 11.0 Å². The summed E-state index contributed by atoms with van der Waals surface area (Å²) in [6.07, 6.45) is 0. The van der Waals surface area contributed by atoms with Crippen LogP contribution >= 0.6 is 0 Å². The fraction of sp³-hybridized carbons (Fsp3) is 0. The Kier molecular flexibility index (Phi) is 7.26. The summed E-state index contributed by atoms with van der Waals surface area (Å²) >= 11 is 0. The summed E-state index contributed by atoms with van der Waals surface area (Å²) in [7, 11) is 0. The first-order chi connectivity index (χ1) is 28.8. The van der Waals surface area contributed by atoms with Crippen LogP contribution in [0, 0.1) is 0 Å². The van der Waals surface area contributed by atoms with Crippen LogP contribution < -0.4 is 0 Å². The van der Waals surface area contributed by atoms with Gasteiger partial charge in [-0.3, -0.25) is 0 Å². The summed E-state index contributed by atoms with van der Waals surface area (Å²) in [6.45, 7) is 0. The van der Waals surface area contributed by atoms with E-state index in [0.717, 1.165) is 22.1 Å². The van der Waals surface area contributed by atoms with Gasteiger partial charge >= 0.3 is 0 Å². The van der Waals surface area contributed by atoms with Crippen molar-refractivity contribution < 1.29 is 0 Å². The molecule has 2 N–H and O–H groups in total. The zero-order chi connectivity index (χ0) is 38.2. The van der Waals surface area contributed by atoms with Crippen LogP contribution in [0.2, 0.25) is 0 Å². The second kappa shape index (κ2) is 12.9. The van der Waals surface area contributed by atoms with Gasteiger partial charge in [-0.05, 0) is 78.2 Å². The Morgan fingerprint density at radius 2 is 0.552 bits per heavy atom. The highest BCUT2D eigenvalue weighted by molar-refractivity contribution is 6.20. The lowest BCUT2D eigenvalue weighted by Gasteiger charge is -2.21. The molecule has 0 amide bonds. The molecule has 0 saturated carbocycles. The van der Waals surface area contributed by atoms with Gasteiger partial charge in [0.25, 0.3) is 0 Å². The quantitative estimate of drug-likeness (QED) is 0.176. The molecule has 0 radical (unpaired) electrons. The molecule has 12 aromatic rings. The van der Waals surface area contributed by atoms with Crippen LogP contribution in [0.1, 0.15) is 0 Å². The van der Waals surface area contributed by atoms with E-state index >= 15 is 0 Å². The summed E-state index contributed by atoms with van der Waals surface area (Å²) in [5.41, 5.74) is 16.6. The predicted molar refractivity (Wildman–Crippen MR) is 247 cm³/mol. The predicted octanol–water partition coefficient (Wildman–Crippen LogP) is 15.6. The van der Waals surface area contributed by atoms with Gasteiger partial charge < -0.3 is 9.97 Å². The second-order valence-corrected chi connectivity index (χ2v) is 15.3. The van der Waals surface area contributed by atoms with Gasteiger partial charge in [-0.25, -0.2) is 0 Å². The van der Waals surface area contributed by atoms with E-state index in [-0.39, 0.29) is 0 Å². The molecule has 2 heterocycles. The highest BCUT2D eigenvalue weighted by Crippen LogP contribution is 2.49. The monoisotopic (exact) mass is 736 g/mol. The van der Waals surface area contributed by atoms with Gasteiger partial charge in [-0.1, -0.05) is 194 Å². The number of para-hydroxylation sites is 2. The lowest BCUT2D eigenvalue weighted by Crippen LogP contribution is -1.95. The first-order valence-corrected chi connectivity index (χ1v) is 20.0. The smallest absolute Gasteiger partial charge is 0.0551 e. The fourth-order valence-corrected chi connectivity index (χ4v) is 9.64. The van der Waals surface area contributed by atoms with Crippen LogP contribution in [0.4, 0.5) is 0 Å². The zero-order valence-corrected chi connectivity index (χ0v) is 31.6. The number of aromatic nitrogens is 2. The van der Waals surface area contributed by atoms with E-state index in [4.69, 9.17) is 0 Å². The van der Waals surface area contributed by atoms with Crippen molar-refractivity contribution in [2.45, 2.75) is 0 Å². The second-order valence-electron chi connectivity index (χ2n) is 15.3. The molecule has 0 atom stereocenters. The average Bonchev–Trinajstić information content (AvgIpc) is 3.87. The SMILES string of the molecule is c1ccc(-c2c(-c3cccc4ccccc34)ccc3c2[nH]c2ccccc23)c(-c2ccccc2-c2c(-c3cccc4ccccc34)ccc3c2[nH]c2ccccc23)c1. The molecule has 2 heteroatoms. The molecule has 2 aromatic heterocycles. The number of benzene rings is 10. The van der Waals surface area contributed by atoms with E-state index in [1.165, 1.54) is 98.7 Å². The van der Waals surface area contributed by atoms with Crippen molar-refractivity contribution in [3.05, 3.63) is 206 Å². The van der Waals surface area contributed by atoms with Crippen LogP contribution in [0.15, 0.2) is 206 Å². The maximum atomic E-state index is 3.91. The molecule has 0 saturated heterocycles. The minimum atomic E-state index is 1.14. The fourth-order valence-electron chi connectivity index (χ4n) is 9.64. The molecule has 0 unspecified atom stereocenters. The van der Waals surface area contributed by atoms with E-state index in [2.05, 4.69) is 216 Å². The lowest BCUT2D eigenvalue weighted by atomic mass is 9.83. The molecule has 12 rings (SSSR count). The molecule has 2 nitrogen and oxygen atoms in total. The molecule has 0 fully saturated rings. The summed E-state index contributed by atoms with van der Waals surface area (Å²) in [5, 5.41) is 9.84. The van der Waals surface area contributed by atoms with Gasteiger partial charge in [-0.2, -0.15) is 0 Å². The first-order valence-electron chi connectivity index (χ1n) is 20.0. The molecule has 0 aliphatic carbocycles. The van der Waals surface area contributed by atoms with E-state index in [1.807, 2.05) is 0 Å². The third-order valence-corrected chi connectivity index (χ3v) is 12.2. The van der Waals surface area contributed by atoms with E-state index in [0.29, 0.717) is 0 Å². The third kappa shape index (κ3) is 4.92. The van der Waals surface area contributed by atoms with Gasteiger partial charge in [-0.15, -0.1) is 0 Å². The molecule has 270 valence electrons. The summed E-state index contributed by atoms with van der Waals surface area (Å²) < 4.78 is 0.